The summed E-state index contributed by atoms with van der Waals surface area (Å²) in [6, 6.07) is 14.7. The molecule has 0 aliphatic heterocycles. The van der Waals surface area contributed by atoms with Crippen molar-refractivity contribution < 1.29 is 14.9 Å². The van der Waals surface area contributed by atoms with E-state index in [2.05, 4.69) is 22.9 Å². The number of ether oxygens (including phenoxy) is 1. The molecule has 7 heteroatoms. The van der Waals surface area contributed by atoms with Crippen LogP contribution < -0.4 is 4.74 Å². The fourth-order valence-electron chi connectivity index (χ4n) is 3.39. The summed E-state index contributed by atoms with van der Waals surface area (Å²) in [5, 5.41) is 31.1. The second-order valence-electron chi connectivity index (χ2n) is 6.36. The van der Waals surface area contributed by atoms with E-state index in [0.717, 1.165) is 22.1 Å². The minimum atomic E-state index is -0.0907. The molecule has 3 aromatic carbocycles. The van der Waals surface area contributed by atoms with E-state index in [4.69, 9.17) is 4.74 Å². The zero-order valence-electron chi connectivity index (χ0n) is 15.4. The second kappa shape index (κ2) is 7.09. The number of aromatic hydroxyl groups is 2. The van der Waals surface area contributed by atoms with Crippen LogP contribution in [0.25, 0.3) is 27.7 Å². The number of thiol groups is 1. The minimum Gasteiger partial charge on any atom is -0.508 e. The van der Waals surface area contributed by atoms with Gasteiger partial charge in [-0.2, -0.15) is 0 Å². The van der Waals surface area contributed by atoms with Gasteiger partial charge in [0.2, 0.25) is 0 Å². The highest BCUT2D eigenvalue weighted by Crippen LogP contribution is 2.39. The zero-order valence-corrected chi connectivity index (χ0v) is 16.3. The van der Waals surface area contributed by atoms with Gasteiger partial charge in [0, 0.05) is 17.0 Å². The number of phenolic OH excluding ortho intramolecular Hbond substituents is 2. The molecule has 2 N–H and O–H groups in total. The van der Waals surface area contributed by atoms with E-state index >= 15 is 0 Å². The lowest BCUT2D eigenvalue weighted by Gasteiger charge is -2.14. The van der Waals surface area contributed by atoms with Gasteiger partial charge in [-0.1, -0.05) is 36.4 Å². The zero-order chi connectivity index (χ0) is 19.8. The van der Waals surface area contributed by atoms with Crippen molar-refractivity contribution in [3.8, 4) is 34.2 Å². The first-order valence-corrected chi connectivity index (χ1v) is 9.25. The summed E-state index contributed by atoms with van der Waals surface area (Å²) >= 11 is 4.50. The van der Waals surface area contributed by atoms with Crippen molar-refractivity contribution in [1.29, 1.82) is 0 Å². The average Bonchev–Trinajstić information content (AvgIpc) is 3.08. The lowest BCUT2D eigenvalue weighted by molar-refractivity contribution is 0.420. The molecule has 0 spiro atoms. The predicted molar refractivity (Wildman–Crippen MR) is 111 cm³/mol. The monoisotopic (exact) mass is 393 g/mol. The molecule has 0 saturated heterocycles. The third kappa shape index (κ3) is 2.84. The maximum atomic E-state index is 10.4. The summed E-state index contributed by atoms with van der Waals surface area (Å²) in [7, 11) is 1.64. The summed E-state index contributed by atoms with van der Waals surface area (Å²) in [6.07, 6.45) is 0.613. The van der Waals surface area contributed by atoms with E-state index in [-0.39, 0.29) is 11.5 Å². The van der Waals surface area contributed by atoms with Crippen LogP contribution >= 0.6 is 12.6 Å². The van der Waals surface area contributed by atoms with Crippen molar-refractivity contribution in [3.05, 3.63) is 54.1 Å². The first-order chi connectivity index (χ1) is 13.5. The summed E-state index contributed by atoms with van der Waals surface area (Å²) in [5.41, 5.74) is 2.63. The van der Waals surface area contributed by atoms with Crippen LogP contribution in [0.3, 0.4) is 0 Å². The number of rotatable bonds is 4. The molecule has 0 aliphatic carbocycles. The van der Waals surface area contributed by atoms with Crippen molar-refractivity contribution >= 4 is 23.4 Å². The Kier molecular flexibility index (Phi) is 4.60. The van der Waals surface area contributed by atoms with Crippen LogP contribution in [0, 0.1) is 0 Å². The lowest BCUT2D eigenvalue weighted by Crippen LogP contribution is -2.02. The van der Waals surface area contributed by atoms with Crippen LogP contribution in [-0.4, -0.2) is 32.3 Å². The Hall–Kier alpha value is -3.19. The molecule has 28 heavy (non-hydrogen) atoms. The Morgan fingerprint density at radius 3 is 2.50 bits per heavy atom. The Morgan fingerprint density at radius 2 is 1.79 bits per heavy atom. The van der Waals surface area contributed by atoms with Gasteiger partial charge in [-0.15, -0.1) is 17.7 Å². The predicted octanol–water partition coefficient (Wildman–Crippen LogP) is 4.36. The molecule has 0 atom stereocenters. The van der Waals surface area contributed by atoms with Crippen LogP contribution in [0.4, 0.5) is 0 Å². The van der Waals surface area contributed by atoms with E-state index < -0.39 is 0 Å². The van der Waals surface area contributed by atoms with Gasteiger partial charge in [0.25, 0.3) is 0 Å². The van der Waals surface area contributed by atoms with E-state index in [9.17, 15) is 10.2 Å². The summed E-state index contributed by atoms with van der Waals surface area (Å²) < 4.78 is 7.03. The molecule has 6 nitrogen and oxygen atoms in total. The minimum absolute atomic E-state index is 0.0476. The fourth-order valence-corrected chi connectivity index (χ4v) is 3.65. The first kappa shape index (κ1) is 18.2. The normalized spacial score (nSPS) is 11.1. The second-order valence-corrected chi connectivity index (χ2v) is 6.78. The molecule has 142 valence electrons. The third-order valence-electron chi connectivity index (χ3n) is 4.80. The van der Waals surface area contributed by atoms with Gasteiger partial charge < -0.3 is 14.9 Å². The average molecular weight is 393 g/mol. The van der Waals surface area contributed by atoms with Gasteiger partial charge >= 0.3 is 0 Å². The Labute approximate surface area is 167 Å². The molecular formula is C21H19N3O3S. The Morgan fingerprint density at radius 1 is 1.04 bits per heavy atom. The number of benzene rings is 3. The number of aryl methyl sites for hydroxylation is 1. The van der Waals surface area contributed by atoms with Crippen molar-refractivity contribution in [2.24, 2.45) is 0 Å². The van der Waals surface area contributed by atoms with Crippen LogP contribution in [0.15, 0.2) is 53.6 Å². The van der Waals surface area contributed by atoms with Crippen molar-refractivity contribution in [2.75, 3.05) is 7.11 Å². The van der Waals surface area contributed by atoms with Gasteiger partial charge in [0.05, 0.1) is 7.11 Å². The highest BCUT2D eigenvalue weighted by atomic mass is 32.1. The number of nitrogens with zero attached hydrogens (tertiary/aromatic N) is 3. The highest BCUT2D eigenvalue weighted by molar-refractivity contribution is 7.80. The topological polar surface area (TPSA) is 80.4 Å². The maximum Gasteiger partial charge on any atom is 0.145 e. The SMILES string of the molecule is CCc1cc(-n2nnc(S)c2-c2ccc(OC)c3ccccc23)c(O)cc1O. The molecule has 0 radical (unpaired) electrons. The third-order valence-corrected chi connectivity index (χ3v) is 5.10. The smallest absolute Gasteiger partial charge is 0.145 e. The lowest BCUT2D eigenvalue weighted by atomic mass is 10.0. The molecule has 0 unspecified atom stereocenters. The number of phenols is 2. The molecule has 0 saturated carbocycles. The molecule has 0 aliphatic rings. The van der Waals surface area contributed by atoms with Gasteiger partial charge in [0.1, 0.15) is 33.7 Å². The molecule has 0 bridgehead atoms. The fraction of sp³-hybridized carbons (Fsp3) is 0.143. The number of fused-ring (bicyclic) bond motifs is 1. The van der Waals surface area contributed by atoms with Gasteiger partial charge in [-0.25, -0.2) is 4.68 Å². The van der Waals surface area contributed by atoms with Crippen LogP contribution in [-0.2, 0) is 6.42 Å². The van der Waals surface area contributed by atoms with Crippen molar-refractivity contribution in [2.45, 2.75) is 18.4 Å². The van der Waals surface area contributed by atoms with Crippen LogP contribution in [0.1, 0.15) is 12.5 Å². The quantitative estimate of drug-likeness (QED) is 0.449. The van der Waals surface area contributed by atoms with E-state index in [1.54, 1.807) is 17.9 Å². The summed E-state index contributed by atoms with van der Waals surface area (Å²) in [6.45, 7) is 1.93. The standard InChI is InChI=1S/C21H19N3O3S/c1-3-12-10-16(18(26)11-17(12)25)24-20(21(28)22-23-24)15-8-9-19(27-2)14-7-5-4-6-13(14)15/h4-11,25-26,28H,3H2,1-2H3. The first-order valence-electron chi connectivity index (χ1n) is 8.81. The number of methoxy groups -OCH3 is 1. The number of hydrogen-bond acceptors (Lipinski definition) is 6. The van der Waals surface area contributed by atoms with Gasteiger partial charge in [-0.05, 0) is 35.6 Å². The van der Waals surface area contributed by atoms with Crippen LogP contribution in [0.5, 0.6) is 17.2 Å². The van der Waals surface area contributed by atoms with Crippen LogP contribution in [0.2, 0.25) is 0 Å². The maximum absolute atomic E-state index is 10.4. The Bertz CT molecular complexity index is 1190. The summed E-state index contributed by atoms with van der Waals surface area (Å²) in [4.78, 5) is 0. The number of aromatic nitrogens is 3. The number of hydrogen-bond donors (Lipinski definition) is 3. The van der Waals surface area contributed by atoms with E-state index in [1.165, 1.54) is 6.07 Å². The molecule has 4 aromatic rings. The van der Waals surface area contributed by atoms with Crippen molar-refractivity contribution in [1.82, 2.24) is 15.0 Å². The Balaban J connectivity index is 2.01. The van der Waals surface area contributed by atoms with E-state index in [1.807, 2.05) is 43.3 Å². The van der Waals surface area contributed by atoms with Gasteiger partial charge in [-0.3, -0.25) is 0 Å². The molecule has 1 aromatic heterocycles. The molecular weight excluding hydrogens is 374 g/mol. The molecule has 0 amide bonds. The van der Waals surface area contributed by atoms with Gasteiger partial charge in [0.15, 0.2) is 0 Å². The van der Waals surface area contributed by atoms with E-state index in [0.29, 0.717) is 28.4 Å². The van der Waals surface area contributed by atoms with Crippen molar-refractivity contribution in [3.63, 3.8) is 0 Å². The molecule has 1 heterocycles. The highest BCUT2D eigenvalue weighted by Gasteiger charge is 2.20. The molecule has 0 fully saturated rings. The molecule has 4 rings (SSSR count). The largest absolute Gasteiger partial charge is 0.508 e. The summed E-state index contributed by atoms with van der Waals surface area (Å²) in [5.74, 6) is 0.721.